The second-order valence-electron chi connectivity index (χ2n) is 6.36. The Morgan fingerprint density at radius 3 is 2.61 bits per heavy atom. The van der Waals surface area contributed by atoms with E-state index in [1.165, 1.54) is 7.11 Å². The van der Waals surface area contributed by atoms with Crippen molar-refractivity contribution in [2.75, 3.05) is 13.7 Å². The molecule has 0 aliphatic carbocycles. The standard InChI is InChI=1S/C15H25N3O5/c1-15(2,3)14-17-12(23-18-14)7-5-6-11(19)16-10(13(20)21)8-9-22-4/h10H,5-9H2,1-4H3,(H,16,19)(H,20,21). The molecule has 1 rings (SSSR count). The van der Waals surface area contributed by atoms with Gasteiger partial charge in [-0.2, -0.15) is 4.98 Å². The van der Waals surface area contributed by atoms with Crippen molar-refractivity contribution in [1.82, 2.24) is 15.5 Å². The monoisotopic (exact) mass is 327 g/mol. The van der Waals surface area contributed by atoms with Gasteiger partial charge in [0.05, 0.1) is 0 Å². The van der Waals surface area contributed by atoms with Crippen molar-refractivity contribution in [1.29, 1.82) is 0 Å². The summed E-state index contributed by atoms with van der Waals surface area (Å²) < 4.78 is 9.97. The average Bonchev–Trinajstić information content (AvgIpc) is 2.92. The van der Waals surface area contributed by atoms with E-state index in [1.807, 2.05) is 20.8 Å². The number of ether oxygens (including phenoxy) is 1. The lowest BCUT2D eigenvalue weighted by Gasteiger charge is -2.13. The fourth-order valence-corrected chi connectivity index (χ4v) is 1.82. The quantitative estimate of drug-likeness (QED) is 0.702. The molecule has 1 unspecified atom stereocenters. The summed E-state index contributed by atoms with van der Waals surface area (Å²) in [4.78, 5) is 27.1. The molecule has 1 atom stereocenters. The Labute approximate surface area is 135 Å². The summed E-state index contributed by atoms with van der Waals surface area (Å²) >= 11 is 0. The van der Waals surface area contributed by atoms with Crippen LogP contribution in [0.5, 0.6) is 0 Å². The van der Waals surface area contributed by atoms with Gasteiger partial charge in [0.1, 0.15) is 6.04 Å². The van der Waals surface area contributed by atoms with E-state index in [0.717, 1.165) is 0 Å². The van der Waals surface area contributed by atoms with E-state index in [0.29, 0.717) is 24.6 Å². The number of hydrogen-bond donors (Lipinski definition) is 2. The molecule has 0 bridgehead atoms. The number of methoxy groups -OCH3 is 1. The number of carbonyl (C=O) groups excluding carboxylic acids is 1. The molecule has 1 amide bonds. The first-order valence-corrected chi connectivity index (χ1v) is 7.58. The number of aryl methyl sites for hydroxylation is 1. The lowest BCUT2D eigenvalue weighted by Crippen LogP contribution is -2.41. The third kappa shape index (κ3) is 6.77. The maximum atomic E-state index is 11.8. The molecule has 8 nitrogen and oxygen atoms in total. The Hall–Kier alpha value is -1.96. The number of rotatable bonds is 9. The molecular formula is C15H25N3O5. The number of nitrogens with one attached hydrogen (secondary N) is 1. The summed E-state index contributed by atoms with van der Waals surface area (Å²) in [6.07, 6.45) is 1.42. The van der Waals surface area contributed by atoms with E-state index >= 15 is 0 Å². The normalized spacial score (nSPS) is 12.9. The summed E-state index contributed by atoms with van der Waals surface area (Å²) in [5.74, 6) is -0.273. The van der Waals surface area contributed by atoms with E-state index < -0.39 is 12.0 Å². The van der Waals surface area contributed by atoms with E-state index in [9.17, 15) is 9.59 Å². The largest absolute Gasteiger partial charge is 0.480 e. The molecule has 0 radical (unpaired) electrons. The van der Waals surface area contributed by atoms with Crippen LogP contribution in [0, 0.1) is 0 Å². The number of hydrogen-bond acceptors (Lipinski definition) is 6. The molecule has 0 aliphatic heterocycles. The molecule has 1 aromatic rings. The highest BCUT2D eigenvalue weighted by atomic mass is 16.5. The molecule has 0 aliphatic rings. The van der Waals surface area contributed by atoms with Crippen molar-refractivity contribution < 1.29 is 24.0 Å². The minimum atomic E-state index is -1.07. The molecule has 0 saturated carbocycles. The first-order valence-electron chi connectivity index (χ1n) is 7.58. The molecular weight excluding hydrogens is 302 g/mol. The molecule has 23 heavy (non-hydrogen) atoms. The van der Waals surface area contributed by atoms with Crippen LogP contribution in [-0.4, -0.2) is 46.9 Å². The van der Waals surface area contributed by atoms with Gasteiger partial charge in [-0.25, -0.2) is 4.79 Å². The Kier molecular flexibility index (Phi) is 7.15. The van der Waals surface area contributed by atoms with Crippen LogP contribution in [0.15, 0.2) is 4.52 Å². The number of carboxylic acid groups (broad SMARTS) is 1. The molecule has 0 aromatic carbocycles. The highest BCUT2D eigenvalue weighted by Gasteiger charge is 2.21. The van der Waals surface area contributed by atoms with Gasteiger partial charge in [-0.3, -0.25) is 4.79 Å². The first kappa shape index (κ1) is 19.1. The van der Waals surface area contributed by atoms with Crippen LogP contribution in [0.4, 0.5) is 0 Å². The highest BCUT2D eigenvalue weighted by Crippen LogP contribution is 2.18. The van der Waals surface area contributed by atoms with Gasteiger partial charge in [0.2, 0.25) is 11.8 Å². The summed E-state index contributed by atoms with van der Waals surface area (Å²) in [6.45, 7) is 6.23. The van der Waals surface area contributed by atoms with Crippen LogP contribution in [0.25, 0.3) is 0 Å². The summed E-state index contributed by atoms with van der Waals surface area (Å²) in [6, 6.07) is -0.932. The number of carboxylic acids is 1. The fraction of sp³-hybridized carbons (Fsp3) is 0.733. The van der Waals surface area contributed by atoms with Crippen LogP contribution in [0.2, 0.25) is 0 Å². The molecule has 0 spiro atoms. The predicted octanol–water partition coefficient (Wildman–Crippen LogP) is 1.30. The van der Waals surface area contributed by atoms with Gasteiger partial charge < -0.3 is 19.7 Å². The minimum Gasteiger partial charge on any atom is -0.480 e. The Morgan fingerprint density at radius 2 is 2.09 bits per heavy atom. The third-order valence-corrected chi connectivity index (χ3v) is 3.18. The smallest absolute Gasteiger partial charge is 0.326 e. The second kappa shape index (κ2) is 8.61. The lowest BCUT2D eigenvalue weighted by molar-refractivity contribution is -0.142. The molecule has 1 aromatic heterocycles. The molecule has 2 N–H and O–H groups in total. The van der Waals surface area contributed by atoms with Gasteiger partial charge in [0.15, 0.2) is 5.82 Å². The van der Waals surface area contributed by atoms with E-state index in [2.05, 4.69) is 15.5 Å². The maximum absolute atomic E-state index is 11.8. The fourth-order valence-electron chi connectivity index (χ4n) is 1.82. The Morgan fingerprint density at radius 1 is 1.39 bits per heavy atom. The second-order valence-corrected chi connectivity index (χ2v) is 6.36. The lowest BCUT2D eigenvalue weighted by atomic mass is 9.96. The van der Waals surface area contributed by atoms with Crippen LogP contribution in [0.1, 0.15) is 51.7 Å². The van der Waals surface area contributed by atoms with Crippen molar-refractivity contribution in [2.45, 2.75) is 57.9 Å². The number of carbonyl (C=O) groups is 2. The van der Waals surface area contributed by atoms with Gasteiger partial charge in [-0.05, 0) is 6.42 Å². The topological polar surface area (TPSA) is 115 Å². The maximum Gasteiger partial charge on any atom is 0.326 e. The van der Waals surface area contributed by atoms with Gasteiger partial charge in [0, 0.05) is 38.4 Å². The third-order valence-electron chi connectivity index (χ3n) is 3.18. The Balaban J connectivity index is 2.38. The van der Waals surface area contributed by atoms with Crippen molar-refractivity contribution in [2.24, 2.45) is 0 Å². The van der Waals surface area contributed by atoms with Crippen molar-refractivity contribution >= 4 is 11.9 Å². The van der Waals surface area contributed by atoms with Crippen molar-refractivity contribution in [3.63, 3.8) is 0 Å². The number of aromatic nitrogens is 2. The minimum absolute atomic E-state index is 0.185. The SMILES string of the molecule is COCCC(NC(=O)CCCc1nc(C(C)(C)C)no1)C(=O)O. The van der Waals surface area contributed by atoms with Crippen LogP contribution < -0.4 is 5.32 Å². The van der Waals surface area contributed by atoms with Gasteiger partial charge >= 0.3 is 5.97 Å². The average molecular weight is 327 g/mol. The predicted molar refractivity (Wildman–Crippen MR) is 82.0 cm³/mol. The highest BCUT2D eigenvalue weighted by molar-refractivity contribution is 5.83. The summed E-state index contributed by atoms with van der Waals surface area (Å²) in [7, 11) is 1.48. The number of amides is 1. The van der Waals surface area contributed by atoms with Crippen molar-refractivity contribution in [3.05, 3.63) is 11.7 Å². The van der Waals surface area contributed by atoms with Crippen LogP contribution >= 0.6 is 0 Å². The van der Waals surface area contributed by atoms with Crippen LogP contribution in [0.3, 0.4) is 0 Å². The zero-order chi connectivity index (χ0) is 17.5. The van der Waals surface area contributed by atoms with E-state index in [4.69, 9.17) is 14.4 Å². The van der Waals surface area contributed by atoms with E-state index in [-0.39, 0.29) is 30.8 Å². The zero-order valence-electron chi connectivity index (χ0n) is 14.1. The summed E-state index contributed by atoms with van der Waals surface area (Å²) in [5.41, 5.74) is -0.185. The molecule has 1 heterocycles. The number of aliphatic carboxylic acids is 1. The van der Waals surface area contributed by atoms with Crippen molar-refractivity contribution in [3.8, 4) is 0 Å². The zero-order valence-corrected chi connectivity index (χ0v) is 14.1. The van der Waals surface area contributed by atoms with E-state index in [1.54, 1.807) is 0 Å². The molecule has 130 valence electrons. The van der Waals surface area contributed by atoms with Gasteiger partial charge in [-0.15, -0.1) is 0 Å². The van der Waals surface area contributed by atoms with Gasteiger partial charge in [0.25, 0.3) is 0 Å². The van der Waals surface area contributed by atoms with Crippen LogP contribution in [-0.2, 0) is 26.2 Å². The van der Waals surface area contributed by atoms with Gasteiger partial charge in [-0.1, -0.05) is 25.9 Å². The summed E-state index contributed by atoms with van der Waals surface area (Å²) in [5, 5.41) is 15.4. The number of nitrogens with zero attached hydrogens (tertiary/aromatic N) is 2. The molecule has 0 saturated heterocycles. The molecule has 0 fully saturated rings. The molecule has 8 heteroatoms. The first-order chi connectivity index (χ1) is 10.7. The Bertz CT molecular complexity index is 521.